The number of nitrogens with one attached hydrogen (secondary N) is 1. The van der Waals surface area contributed by atoms with E-state index in [1.807, 2.05) is 18.2 Å². The van der Waals surface area contributed by atoms with Gasteiger partial charge >= 0.3 is 0 Å². The molecule has 1 unspecified atom stereocenters. The Balaban J connectivity index is 1.96. The van der Waals surface area contributed by atoms with Crippen molar-refractivity contribution in [1.82, 2.24) is 0 Å². The van der Waals surface area contributed by atoms with Gasteiger partial charge in [0, 0.05) is 22.3 Å². The van der Waals surface area contributed by atoms with Crippen molar-refractivity contribution in [3.8, 4) is 5.75 Å². The topological polar surface area (TPSA) is 21.3 Å². The highest BCUT2D eigenvalue weighted by molar-refractivity contribution is 9.10. The van der Waals surface area contributed by atoms with Crippen molar-refractivity contribution in [2.75, 3.05) is 12.4 Å². The van der Waals surface area contributed by atoms with Gasteiger partial charge in [-0.25, -0.2) is 0 Å². The van der Waals surface area contributed by atoms with Crippen LogP contribution in [0.2, 0.25) is 0 Å². The summed E-state index contributed by atoms with van der Waals surface area (Å²) in [6.45, 7) is 2.18. The lowest BCUT2D eigenvalue weighted by Crippen LogP contribution is -2.17. The number of hydrogen-bond donors (Lipinski definition) is 1. The summed E-state index contributed by atoms with van der Waals surface area (Å²) >= 11 is 3.45. The van der Waals surface area contributed by atoms with E-state index in [1.54, 1.807) is 7.11 Å². The van der Waals surface area contributed by atoms with Gasteiger partial charge in [-0.15, -0.1) is 0 Å². The Bertz CT molecular complexity index is 525. The molecule has 2 aromatic carbocycles. The second kappa shape index (κ2) is 6.62. The number of halogens is 1. The van der Waals surface area contributed by atoms with E-state index in [0.717, 1.165) is 22.3 Å². The van der Waals surface area contributed by atoms with Crippen LogP contribution in [-0.2, 0) is 6.42 Å². The molecule has 0 saturated carbocycles. The molecule has 0 fully saturated rings. The van der Waals surface area contributed by atoms with Crippen LogP contribution in [0.3, 0.4) is 0 Å². The average molecular weight is 320 g/mol. The van der Waals surface area contributed by atoms with Gasteiger partial charge in [-0.3, -0.25) is 0 Å². The highest BCUT2D eigenvalue weighted by Gasteiger charge is 2.04. The van der Waals surface area contributed by atoms with Gasteiger partial charge < -0.3 is 10.1 Å². The summed E-state index contributed by atoms with van der Waals surface area (Å²) in [5.41, 5.74) is 2.41. The minimum Gasteiger partial charge on any atom is -0.497 e. The number of methoxy groups -OCH3 is 1. The Kier molecular flexibility index (Phi) is 4.86. The Hall–Kier alpha value is -1.48. The van der Waals surface area contributed by atoms with E-state index in [4.69, 9.17) is 4.74 Å². The van der Waals surface area contributed by atoms with E-state index in [-0.39, 0.29) is 0 Å². The first kappa shape index (κ1) is 13.9. The first-order valence-electron chi connectivity index (χ1n) is 6.32. The lowest BCUT2D eigenvalue weighted by atomic mass is 10.1. The van der Waals surface area contributed by atoms with Crippen molar-refractivity contribution >= 4 is 21.6 Å². The second-order valence-corrected chi connectivity index (χ2v) is 5.52. The first-order chi connectivity index (χ1) is 9.17. The molecule has 0 spiro atoms. The Morgan fingerprint density at radius 3 is 2.58 bits per heavy atom. The molecule has 3 heteroatoms. The highest BCUT2D eigenvalue weighted by atomic mass is 79.9. The van der Waals surface area contributed by atoms with Gasteiger partial charge in [0.15, 0.2) is 0 Å². The summed E-state index contributed by atoms with van der Waals surface area (Å²) in [6, 6.07) is 16.8. The third-order valence-electron chi connectivity index (χ3n) is 2.94. The highest BCUT2D eigenvalue weighted by Crippen LogP contribution is 2.18. The van der Waals surface area contributed by atoms with Crippen LogP contribution >= 0.6 is 15.9 Å². The number of ether oxygens (including phenoxy) is 1. The monoisotopic (exact) mass is 319 g/mol. The fourth-order valence-corrected chi connectivity index (χ4v) is 2.29. The number of benzene rings is 2. The first-order valence-corrected chi connectivity index (χ1v) is 7.11. The van der Waals surface area contributed by atoms with Crippen LogP contribution in [0.4, 0.5) is 5.69 Å². The summed E-state index contributed by atoms with van der Waals surface area (Å²) in [7, 11) is 1.68. The molecule has 0 amide bonds. The molecule has 2 nitrogen and oxygen atoms in total. The predicted octanol–water partition coefficient (Wildman–Crippen LogP) is 4.50. The fourth-order valence-electron chi connectivity index (χ4n) is 2.02. The molecule has 19 heavy (non-hydrogen) atoms. The SMILES string of the molecule is COc1cccc(NC(C)Cc2ccc(Br)cc2)c1. The van der Waals surface area contributed by atoms with Crippen molar-refractivity contribution < 1.29 is 4.74 Å². The van der Waals surface area contributed by atoms with Gasteiger partial charge in [0.2, 0.25) is 0 Å². The number of rotatable bonds is 5. The maximum Gasteiger partial charge on any atom is 0.120 e. The van der Waals surface area contributed by atoms with Crippen LogP contribution in [0.1, 0.15) is 12.5 Å². The van der Waals surface area contributed by atoms with Crippen molar-refractivity contribution in [1.29, 1.82) is 0 Å². The van der Waals surface area contributed by atoms with Crippen LogP contribution in [-0.4, -0.2) is 13.2 Å². The number of anilines is 1. The lowest BCUT2D eigenvalue weighted by molar-refractivity contribution is 0.415. The van der Waals surface area contributed by atoms with Gasteiger partial charge in [-0.2, -0.15) is 0 Å². The molecular weight excluding hydrogens is 302 g/mol. The molecule has 0 aliphatic heterocycles. The van der Waals surface area contributed by atoms with Crippen molar-refractivity contribution in [2.24, 2.45) is 0 Å². The van der Waals surface area contributed by atoms with Crippen LogP contribution in [0.25, 0.3) is 0 Å². The third-order valence-corrected chi connectivity index (χ3v) is 3.47. The molecule has 100 valence electrons. The molecule has 2 rings (SSSR count). The van der Waals surface area contributed by atoms with Crippen LogP contribution in [0.15, 0.2) is 53.0 Å². The minimum absolute atomic E-state index is 0.369. The van der Waals surface area contributed by atoms with E-state index in [9.17, 15) is 0 Å². The molecule has 0 radical (unpaired) electrons. The summed E-state index contributed by atoms with van der Waals surface area (Å²) in [6.07, 6.45) is 0.991. The normalized spacial score (nSPS) is 11.9. The maximum atomic E-state index is 5.22. The number of hydrogen-bond acceptors (Lipinski definition) is 2. The zero-order chi connectivity index (χ0) is 13.7. The summed E-state index contributed by atoms with van der Waals surface area (Å²) in [5.74, 6) is 0.876. The molecule has 2 aromatic rings. The van der Waals surface area contributed by atoms with Gasteiger partial charge in [0.25, 0.3) is 0 Å². The molecule has 1 N–H and O–H groups in total. The van der Waals surface area contributed by atoms with Crippen molar-refractivity contribution in [3.63, 3.8) is 0 Å². The molecule has 0 bridgehead atoms. The maximum absolute atomic E-state index is 5.22. The van der Waals surface area contributed by atoms with E-state index in [1.165, 1.54) is 5.56 Å². The molecule has 0 heterocycles. The third kappa shape index (κ3) is 4.28. The predicted molar refractivity (Wildman–Crippen MR) is 83.9 cm³/mol. The molecule has 0 aliphatic rings. The molecule has 0 saturated heterocycles. The Morgan fingerprint density at radius 2 is 1.89 bits per heavy atom. The van der Waals surface area contributed by atoms with Crippen LogP contribution < -0.4 is 10.1 Å². The van der Waals surface area contributed by atoms with Crippen molar-refractivity contribution in [2.45, 2.75) is 19.4 Å². The minimum atomic E-state index is 0.369. The Labute approximate surface area is 122 Å². The molecule has 0 aliphatic carbocycles. The van der Waals surface area contributed by atoms with Crippen molar-refractivity contribution in [3.05, 3.63) is 58.6 Å². The standard InChI is InChI=1S/C16H18BrNO/c1-12(10-13-6-8-14(17)9-7-13)18-15-4-3-5-16(11-15)19-2/h3-9,11-12,18H,10H2,1-2H3. The van der Waals surface area contributed by atoms with Gasteiger partial charge in [0.05, 0.1) is 7.11 Å². The quantitative estimate of drug-likeness (QED) is 0.876. The second-order valence-electron chi connectivity index (χ2n) is 4.61. The zero-order valence-electron chi connectivity index (χ0n) is 11.2. The fraction of sp³-hybridized carbons (Fsp3) is 0.250. The summed E-state index contributed by atoms with van der Waals surface area (Å²) in [4.78, 5) is 0. The van der Waals surface area contributed by atoms with Gasteiger partial charge in [-0.05, 0) is 43.2 Å². The zero-order valence-corrected chi connectivity index (χ0v) is 12.8. The van der Waals surface area contributed by atoms with Crippen LogP contribution in [0.5, 0.6) is 5.75 Å². The van der Waals surface area contributed by atoms with E-state index in [0.29, 0.717) is 6.04 Å². The van der Waals surface area contributed by atoms with Gasteiger partial charge in [-0.1, -0.05) is 34.1 Å². The molecule has 0 aromatic heterocycles. The summed E-state index contributed by atoms with van der Waals surface area (Å²) < 4.78 is 6.34. The van der Waals surface area contributed by atoms with Gasteiger partial charge in [0.1, 0.15) is 5.75 Å². The van der Waals surface area contributed by atoms with E-state index in [2.05, 4.69) is 58.5 Å². The largest absolute Gasteiger partial charge is 0.497 e. The smallest absolute Gasteiger partial charge is 0.120 e. The Morgan fingerprint density at radius 1 is 1.16 bits per heavy atom. The molecule has 1 atom stereocenters. The lowest BCUT2D eigenvalue weighted by Gasteiger charge is -2.16. The van der Waals surface area contributed by atoms with Crippen LogP contribution in [0, 0.1) is 0 Å². The van der Waals surface area contributed by atoms with E-state index >= 15 is 0 Å². The molecular formula is C16H18BrNO. The average Bonchev–Trinajstić information content (AvgIpc) is 2.41. The van der Waals surface area contributed by atoms with E-state index < -0.39 is 0 Å². The summed E-state index contributed by atoms with van der Waals surface area (Å²) in [5, 5.41) is 3.49.